The van der Waals surface area contributed by atoms with Gasteiger partial charge >= 0.3 is 0 Å². The van der Waals surface area contributed by atoms with Gasteiger partial charge in [-0.3, -0.25) is 9.78 Å². The second-order valence-electron chi connectivity index (χ2n) is 5.94. The molecule has 1 fully saturated rings. The Morgan fingerprint density at radius 2 is 2.21 bits per heavy atom. The number of likely N-dealkylation sites (tertiary alicyclic amines) is 1. The smallest absolute Gasteiger partial charge is 0.273 e. The zero-order valence-corrected chi connectivity index (χ0v) is 13.5. The van der Waals surface area contributed by atoms with Crippen LogP contribution in [0.3, 0.4) is 0 Å². The van der Waals surface area contributed by atoms with Gasteiger partial charge in [0, 0.05) is 32.2 Å². The molecule has 1 aliphatic heterocycles. The van der Waals surface area contributed by atoms with E-state index in [2.05, 4.69) is 14.7 Å². The van der Waals surface area contributed by atoms with Gasteiger partial charge in [-0.1, -0.05) is 6.07 Å². The zero-order chi connectivity index (χ0) is 16.5. The van der Waals surface area contributed by atoms with E-state index in [1.54, 1.807) is 12.3 Å². The second-order valence-corrected chi connectivity index (χ2v) is 5.94. The number of amides is 1. The number of carbonyl (C=O) groups excluding carboxylic acids is 1. The molecule has 6 nitrogen and oxygen atoms in total. The van der Waals surface area contributed by atoms with Crippen molar-refractivity contribution < 1.29 is 4.79 Å². The van der Waals surface area contributed by atoms with Gasteiger partial charge in [0.1, 0.15) is 11.5 Å². The van der Waals surface area contributed by atoms with Gasteiger partial charge in [-0.05, 0) is 37.1 Å². The molecule has 1 amide bonds. The molecule has 122 valence electrons. The zero-order valence-electron chi connectivity index (χ0n) is 13.5. The van der Waals surface area contributed by atoms with E-state index in [0.29, 0.717) is 5.69 Å². The van der Waals surface area contributed by atoms with E-state index in [1.165, 1.54) is 0 Å². The molecule has 1 saturated heterocycles. The van der Waals surface area contributed by atoms with Crippen LogP contribution >= 0.6 is 0 Å². The van der Waals surface area contributed by atoms with Crippen LogP contribution in [0.5, 0.6) is 0 Å². The minimum absolute atomic E-state index is 0.0154. The third kappa shape index (κ3) is 2.40. The normalized spacial score (nSPS) is 17.4. The van der Waals surface area contributed by atoms with Crippen molar-refractivity contribution in [1.82, 2.24) is 19.3 Å². The molecule has 0 unspecified atom stereocenters. The molecule has 3 aromatic heterocycles. The first-order chi connectivity index (χ1) is 11.8. The number of aromatic nitrogens is 3. The molecule has 1 aliphatic rings. The Bertz CT molecular complexity index is 874. The lowest BCUT2D eigenvalue weighted by atomic mass is 10.1. The summed E-state index contributed by atoms with van der Waals surface area (Å²) in [5.74, 6) is 0.799. The van der Waals surface area contributed by atoms with E-state index in [0.717, 1.165) is 36.4 Å². The summed E-state index contributed by atoms with van der Waals surface area (Å²) in [7, 11) is 1.87. The summed E-state index contributed by atoms with van der Waals surface area (Å²) < 4.78 is 2.05. The van der Waals surface area contributed by atoms with Crippen LogP contribution in [0.4, 0.5) is 5.82 Å². The van der Waals surface area contributed by atoms with E-state index >= 15 is 0 Å². The number of pyridine rings is 1. The first-order valence-electron chi connectivity index (χ1n) is 8.15. The molecule has 0 aliphatic carbocycles. The predicted octanol–water partition coefficient (Wildman–Crippen LogP) is 2.75. The van der Waals surface area contributed by atoms with Crippen LogP contribution in [-0.2, 0) is 0 Å². The van der Waals surface area contributed by atoms with Crippen LogP contribution in [0.25, 0.3) is 5.52 Å². The fourth-order valence-corrected chi connectivity index (χ4v) is 3.36. The Morgan fingerprint density at radius 1 is 1.29 bits per heavy atom. The van der Waals surface area contributed by atoms with Crippen molar-refractivity contribution >= 4 is 17.2 Å². The van der Waals surface area contributed by atoms with E-state index in [-0.39, 0.29) is 11.9 Å². The molecule has 24 heavy (non-hydrogen) atoms. The monoisotopic (exact) mass is 321 g/mol. The van der Waals surface area contributed by atoms with Crippen molar-refractivity contribution in [3.8, 4) is 0 Å². The fraction of sp³-hybridized carbons (Fsp3) is 0.278. The molecule has 3 aromatic rings. The second kappa shape index (κ2) is 5.96. The number of fused-ring (bicyclic) bond motifs is 1. The molecule has 0 spiro atoms. The first kappa shape index (κ1) is 14.7. The predicted molar refractivity (Wildman–Crippen MR) is 92.0 cm³/mol. The lowest BCUT2D eigenvalue weighted by Crippen LogP contribution is -2.31. The van der Waals surface area contributed by atoms with Gasteiger partial charge in [0.25, 0.3) is 5.91 Å². The third-order valence-electron chi connectivity index (χ3n) is 4.51. The van der Waals surface area contributed by atoms with Crippen LogP contribution in [0, 0.1) is 0 Å². The Balaban J connectivity index is 1.71. The van der Waals surface area contributed by atoms with Crippen LogP contribution in [-0.4, -0.2) is 38.8 Å². The molecule has 0 aromatic carbocycles. The molecule has 1 N–H and O–H groups in total. The average Bonchev–Trinajstić information content (AvgIpc) is 3.29. The van der Waals surface area contributed by atoms with E-state index < -0.39 is 0 Å². The van der Waals surface area contributed by atoms with Gasteiger partial charge in [0.2, 0.25) is 0 Å². The summed E-state index contributed by atoms with van der Waals surface area (Å²) in [5, 5.41) is 3.15. The Hall–Kier alpha value is -2.89. The quantitative estimate of drug-likeness (QED) is 0.806. The van der Waals surface area contributed by atoms with Gasteiger partial charge in [-0.25, -0.2) is 4.98 Å². The average molecular weight is 321 g/mol. The molecule has 1 atom stereocenters. The van der Waals surface area contributed by atoms with Gasteiger partial charge in [0.05, 0.1) is 17.3 Å². The fourth-order valence-electron chi connectivity index (χ4n) is 3.36. The highest BCUT2D eigenvalue weighted by Crippen LogP contribution is 2.33. The molecule has 4 heterocycles. The molecule has 0 bridgehead atoms. The van der Waals surface area contributed by atoms with Crippen molar-refractivity contribution in [3.63, 3.8) is 0 Å². The Kier molecular flexibility index (Phi) is 3.65. The van der Waals surface area contributed by atoms with Crippen LogP contribution in [0.2, 0.25) is 0 Å². The number of hydrogen-bond donors (Lipinski definition) is 1. The van der Waals surface area contributed by atoms with Gasteiger partial charge in [-0.2, -0.15) is 0 Å². The summed E-state index contributed by atoms with van der Waals surface area (Å²) in [5.41, 5.74) is 2.42. The number of carbonyl (C=O) groups is 1. The van der Waals surface area contributed by atoms with E-state index in [9.17, 15) is 4.79 Å². The summed E-state index contributed by atoms with van der Waals surface area (Å²) in [6.07, 6.45) is 7.57. The minimum Gasteiger partial charge on any atom is -0.371 e. The number of hydrogen-bond acceptors (Lipinski definition) is 4. The summed E-state index contributed by atoms with van der Waals surface area (Å²) in [6.45, 7) is 0.736. The molecule has 4 rings (SSSR count). The largest absolute Gasteiger partial charge is 0.371 e. The highest BCUT2D eigenvalue weighted by molar-refractivity contribution is 5.92. The van der Waals surface area contributed by atoms with Crippen molar-refractivity contribution in [3.05, 3.63) is 60.3 Å². The SMILES string of the molecule is CNc1nc([C@H]2CCCN2C(=O)c2ccccn2)cn2cccc12. The number of nitrogens with one attached hydrogen (secondary N) is 1. The number of rotatable bonds is 3. The van der Waals surface area contributed by atoms with Crippen molar-refractivity contribution in [1.29, 1.82) is 0 Å². The van der Waals surface area contributed by atoms with Crippen LogP contribution < -0.4 is 5.32 Å². The van der Waals surface area contributed by atoms with Crippen molar-refractivity contribution in [2.24, 2.45) is 0 Å². The molecule has 6 heteroatoms. The standard InChI is InChI=1S/C18H19N5O/c1-19-17-16-8-4-10-22(16)12-14(21-17)15-7-5-11-23(15)18(24)13-6-2-3-9-20-13/h2-4,6,8-10,12,15H,5,7,11H2,1H3,(H,19,21)/t15-/m1/s1. The van der Waals surface area contributed by atoms with Crippen molar-refractivity contribution in [2.45, 2.75) is 18.9 Å². The lowest BCUT2D eigenvalue weighted by Gasteiger charge is -2.24. The molecule has 0 radical (unpaired) electrons. The van der Waals surface area contributed by atoms with Crippen LogP contribution in [0.1, 0.15) is 35.1 Å². The molecule has 0 saturated carbocycles. The minimum atomic E-state index is -0.0292. The van der Waals surface area contributed by atoms with E-state index in [4.69, 9.17) is 4.98 Å². The van der Waals surface area contributed by atoms with Crippen molar-refractivity contribution in [2.75, 3.05) is 18.9 Å². The number of anilines is 1. The lowest BCUT2D eigenvalue weighted by molar-refractivity contribution is 0.0726. The highest BCUT2D eigenvalue weighted by atomic mass is 16.2. The maximum absolute atomic E-state index is 12.8. The van der Waals surface area contributed by atoms with E-state index in [1.807, 2.05) is 48.6 Å². The summed E-state index contributed by atoms with van der Waals surface area (Å²) in [6, 6.07) is 9.42. The summed E-state index contributed by atoms with van der Waals surface area (Å²) >= 11 is 0. The highest BCUT2D eigenvalue weighted by Gasteiger charge is 2.32. The topological polar surface area (TPSA) is 62.5 Å². The van der Waals surface area contributed by atoms with Gasteiger partial charge in [-0.15, -0.1) is 0 Å². The van der Waals surface area contributed by atoms with Gasteiger partial charge in [0.15, 0.2) is 0 Å². The maximum Gasteiger partial charge on any atom is 0.273 e. The maximum atomic E-state index is 12.8. The first-order valence-corrected chi connectivity index (χ1v) is 8.15. The Labute approximate surface area is 140 Å². The van der Waals surface area contributed by atoms with Crippen LogP contribution in [0.15, 0.2) is 48.9 Å². The third-order valence-corrected chi connectivity index (χ3v) is 4.51. The number of nitrogens with zero attached hydrogens (tertiary/aromatic N) is 4. The van der Waals surface area contributed by atoms with Gasteiger partial charge < -0.3 is 14.6 Å². The molecular formula is C18H19N5O. The summed E-state index contributed by atoms with van der Waals surface area (Å²) in [4.78, 5) is 23.7. The Morgan fingerprint density at radius 3 is 3.00 bits per heavy atom. The molecular weight excluding hydrogens is 302 g/mol.